The number of phosphoric acid groups is 10. The predicted molar refractivity (Wildman–Crippen MR) is 507 cm³/mol. The van der Waals surface area contributed by atoms with Crippen molar-refractivity contribution < 1.29 is 244 Å². The zero-order valence-electron chi connectivity index (χ0n) is 85.8. The number of rotatable bonds is 59. The summed E-state index contributed by atoms with van der Waals surface area (Å²) < 4.78 is 247. The van der Waals surface area contributed by atoms with Gasteiger partial charge in [0.2, 0.25) is 0 Å². The van der Waals surface area contributed by atoms with Crippen LogP contribution in [-0.2, 0) is 164 Å². The SMILES string of the molecule is C.CC.CC.CCC.CO.[B]C1CC(OP(=O)([O-])OCCCO)C(C(C)C)O1.[B]C1CC(OP(=O)([O-])OCCCOP(=O)([O-])OCCCO)C(C(C)(C)C)O1.[B]C1CC(OP(=O)([O-])OCCCOP(=O)([O-])OCCCOP(=O)([O-])OCCCO)C(C(C)(C)C)O1.[B]C1CC(OP(=O)([O-])OCCCOP(=O)([O-])OCCCOP(=O)([O-])[O-])C(C(C)(C)C)O1.[B]C1CC(OP(=O)([O-])OCCCOP(C)(=O)[O-])C(C(C)(C)C)O1. The second kappa shape index (κ2) is 76.1. The van der Waals surface area contributed by atoms with Gasteiger partial charge in [0.15, 0.2) is 0 Å². The lowest BCUT2D eigenvalue weighted by atomic mass is 9.85. The Kier molecular flexibility index (Phi) is 81.1. The van der Waals surface area contributed by atoms with Gasteiger partial charge in [-0.2, -0.15) is 0 Å². The molecule has 5 heterocycles. The number of aliphatic hydroxyl groups is 4. The van der Waals surface area contributed by atoms with Gasteiger partial charge in [0.1, 0.15) is 46.8 Å². The number of ether oxygens (including phenoxy) is 5. The molecule has 5 rings (SSSR count). The van der Waals surface area contributed by atoms with Crippen LogP contribution >= 0.6 is 85.8 Å². The third-order valence-corrected chi connectivity index (χ3v) is 27.8. The predicted octanol–water partition coefficient (Wildman–Crippen LogP) is 4.79. The Hall–Kier alpha value is 1.21. The fraction of sp³-hybridized carbons (Fsp3) is 1.00. The van der Waals surface area contributed by atoms with Gasteiger partial charge in [-0.3, -0.25) is 41.1 Å². The van der Waals surface area contributed by atoms with Gasteiger partial charge in [0, 0.05) is 63.6 Å². The lowest BCUT2D eigenvalue weighted by Gasteiger charge is -2.34. The van der Waals surface area contributed by atoms with Gasteiger partial charge < -0.3 is 202 Å². The summed E-state index contributed by atoms with van der Waals surface area (Å²) in [4.78, 5) is 137. The van der Waals surface area contributed by atoms with E-state index in [0.29, 0.717) is 6.42 Å². The van der Waals surface area contributed by atoms with E-state index in [-0.39, 0.29) is 186 Å². The molecule has 25 atom stereocenters. The maximum absolute atomic E-state index is 12.1. The van der Waals surface area contributed by atoms with E-state index in [2.05, 4.69) is 63.6 Å². The van der Waals surface area contributed by atoms with E-state index in [9.17, 15) is 109 Å². The summed E-state index contributed by atoms with van der Waals surface area (Å²) in [6, 6.07) is -3.05. The molecular weight excluding hydrogens is 2140 g/mol. The van der Waals surface area contributed by atoms with E-state index in [4.69, 9.17) is 124 Å². The average Bonchev–Trinajstić information content (AvgIpc) is 1.68. The maximum Gasteiger partial charge on any atom is 0.268 e. The van der Waals surface area contributed by atoms with E-state index in [1.54, 1.807) is 0 Å². The molecule has 0 saturated carbocycles. The van der Waals surface area contributed by atoms with Gasteiger partial charge in [-0.1, -0.05) is 152 Å². The van der Waals surface area contributed by atoms with E-state index in [1.807, 2.05) is 125 Å². The normalized spacial score (nSPS) is 26.5. The highest BCUT2D eigenvalue weighted by atomic mass is 31.2. The molecule has 10 radical (unpaired) electrons. The monoisotopic (exact) mass is 2300 g/mol. The molecule has 0 amide bonds. The highest BCUT2D eigenvalue weighted by molar-refractivity contribution is 7.50. The van der Waals surface area contributed by atoms with Crippen LogP contribution in [0.3, 0.4) is 0 Å². The lowest BCUT2D eigenvalue weighted by Crippen LogP contribution is -2.37. The zero-order valence-corrected chi connectivity index (χ0v) is 95.6. The van der Waals surface area contributed by atoms with Crippen LogP contribution in [0.25, 0.3) is 0 Å². The molecule has 0 aromatic heterocycles. The fourth-order valence-electron chi connectivity index (χ4n) is 12.0. The van der Waals surface area contributed by atoms with Crippen LogP contribution in [0.15, 0.2) is 0 Å². The van der Waals surface area contributed by atoms with Crippen LogP contribution in [0.1, 0.15) is 242 Å². The summed E-state index contributed by atoms with van der Waals surface area (Å²) in [5.41, 5.74) is -1.56. The van der Waals surface area contributed by atoms with Crippen LogP contribution in [0.5, 0.6) is 0 Å². The van der Waals surface area contributed by atoms with Crippen molar-refractivity contribution in [3.8, 4) is 0 Å². The molecule has 68 heteroatoms. The summed E-state index contributed by atoms with van der Waals surface area (Å²) >= 11 is 0. The summed E-state index contributed by atoms with van der Waals surface area (Å²) in [7, 11) is -20.8. The molecule has 854 valence electrons. The second-order valence-corrected chi connectivity index (χ2v) is 50.8. The van der Waals surface area contributed by atoms with Crippen molar-refractivity contribution in [3.63, 3.8) is 0 Å². The summed E-state index contributed by atoms with van der Waals surface area (Å²) in [5, 5.41) is 32.7. The minimum Gasteiger partial charge on any atom is -0.790 e. The first kappa shape index (κ1) is 154. The first-order valence-corrected chi connectivity index (χ1v) is 62.6. The molecule has 144 heavy (non-hydrogen) atoms. The van der Waals surface area contributed by atoms with Crippen molar-refractivity contribution in [3.05, 3.63) is 0 Å². The van der Waals surface area contributed by atoms with Crippen molar-refractivity contribution in [2.75, 3.05) is 133 Å². The molecule has 5 aliphatic rings. The van der Waals surface area contributed by atoms with Crippen molar-refractivity contribution in [1.29, 1.82) is 0 Å². The van der Waals surface area contributed by atoms with E-state index < -0.39 is 228 Å². The van der Waals surface area contributed by atoms with Crippen molar-refractivity contribution in [1.82, 2.24) is 0 Å². The summed E-state index contributed by atoms with van der Waals surface area (Å²) in [5.74, 6) is 0.0981. The Morgan fingerprint density at radius 1 is 0.285 bits per heavy atom. The Labute approximate surface area is 857 Å². The summed E-state index contributed by atoms with van der Waals surface area (Å²) in [6.07, 6.45) is -3.74. The molecule has 0 aromatic rings. The number of phosphoric ester groups is 10. The number of aliphatic hydroxyl groups excluding tert-OH is 4. The molecule has 4 N–H and O–H groups in total. The molecular formula is C76H156B5O52P11-12. The highest BCUT2D eigenvalue weighted by Crippen LogP contribution is 2.53. The molecule has 0 aromatic carbocycles. The van der Waals surface area contributed by atoms with Crippen LogP contribution in [0.4, 0.5) is 0 Å². The second-order valence-electron chi connectivity index (χ2n) is 35.4. The maximum atomic E-state index is 12.1. The first-order valence-electron chi connectivity index (χ1n) is 46.0. The largest absolute Gasteiger partial charge is 0.790 e. The minimum atomic E-state index is -5.13. The summed E-state index contributed by atoms with van der Waals surface area (Å²) in [6.45, 7) is 33.8. The van der Waals surface area contributed by atoms with Gasteiger partial charge in [0.25, 0.3) is 70.4 Å². The van der Waals surface area contributed by atoms with Crippen LogP contribution in [0, 0.1) is 27.6 Å². The lowest BCUT2D eigenvalue weighted by molar-refractivity contribution is -0.342. The molecule has 0 bridgehead atoms. The third-order valence-electron chi connectivity index (χ3n) is 17.5. The topological polar surface area (TPSA) is 776 Å². The van der Waals surface area contributed by atoms with Crippen molar-refractivity contribution in [2.24, 2.45) is 27.6 Å². The van der Waals surface area contributed by atoms with Crippen molar-refractivity contribution in [2.45, 2.75) is 333 Å². The standard InChI is InChI=1S/C17H36BO14P3.C14H30BO13P3.C14H29BO10P2.C12H25BO8P2.C10H20BO6P.C3H8.2C2H6.CH4O.CH4/c1-17(2,3)16-14(13-15(18)31-16)32-35(24,25)30-12-6-11-29-34(22,23)28-10-5-9-27-33(20,21)26-8-4-7-19;1-14(2,3)13-11(10-12(15)27-13)28-31(21,22)26-9-5-8-25-30(19,20)24-7-4-6-23-29(16,17)18;1-14(2,3)13-11(10-12(15)24-13)25-27(19,20)23-9-5-8-22-26(17,18)21-7-4-6-16;1-12(2,3)11-9(8-10(13)20-11)21-23(16,17)19-7-5-6-18-22(4,14)15;1-7(2)10-8(6-9(11)16-10)17-18(13,14)15-5-3-4-12;1-3-2;3*1-2;/h14-16,19H,4-13H2,1-3H3,(H,20,21)(H,22,23)(H,24,25);11-13H,4-10H2,1-3H3,(H,19,20)(H,21,22)(H2,16,17,18);11-13,16H,4-10H2,1-3H3,(H,17,18)(H,19,20);9-11H,5-8H2,1-4H3,(H,14,15)(H,16,17);7-10,12H,3-6H2,1-2H3,(H,13,14);3H2,1-2H3;2*1-2H3;2H,1H3;1H4/p-12. The van der Waals surface area contributed by atoms with Crippen LogP contribution < -0.4 is 58.7 Å². The van der Waals surface area contributed by atoms with Gasteiger partial charge in [0.05, 0.1) is 168 Å². The van der Waals surface area contributed by atoms with Gasteiger partial charge >= 0.3 is 0 Å². The number of hydrogen-bond donors (Lipinski definition) is 4. The Morgan fingerprint density at radius 2 is 0.438 bits per heavy atom. The van der Waals surface area contributed by atoms with E-state index in [1.165, 1.54) is 6.42 Å². The molecule has 25 unspecified atom stereocenters. The molecule has 5 aliphatic heterocycles. The molecule has 52 nitrogen and oxygen atoms in total. The van der Waals surface area contributed by atoms with E-state index in [0.717, 1.165) is 13.8 Å². The van der Waals surface area contributed by atoms with E-state index >= 15 is 0 Å². The Morgan fingerprint density at radius 3 is 0.604 bits per heavy atom. The van der Waals surface area contributed by atoms with Crippen LogP contribution in [0.2, 0.25) is 0 Å². The molecule has 0 spiro atoms. The smallest absolute Gasteiger partial charge is 0.268 e. The number of hydrogen-bond acceptors (Lipinski definition) is 52. The zero-order chi connectivity index (χ0) is 112. The van der Waals surface area contributed by atoms with Gasteiger partial charge in [-0.25, -0.2) is 0 Å². The third kappa shape index (κ3) is 78.4. The highest BCUT2D eigenvalue weighted by Gasteiger charge is 2.47. The van der Waals surface area contributed by atoms with Gasteiger partial charge in [-0.05, 0) is 117 Å². The quantitative estimate of drug-likeness (QED) is 0.0361. The molecule has 5 fully saturated rings. The first-order chi connectivity index (χ1) is 65.5. The minimum absolute atomic E-state index is 0. The fourth-order valence-corrected chi connectivity index (χ4v) is 20.6. The Balaban J connectivity index is -0.000000553. The molecule has 0 aliphatic carbocycles. The van der Waals surface area contributed by atoms with Crippen LogP contribution in [-0.4, -0.2) is 283 Å². The average molecular weight is 2300 g/mol. The van der Waals surface area contributed by atoms with Crippen molar-refractivity contribution >= 4 is 125 Å². The van der Waals surface area contributed by atoms with Gasteiger partial charge in [-0.15, -0.1) is 0 Å². The Bertz CT molecular complexity index is 3890. The molecule has 5 saturated heterocycles.